The van der Waals surface area contributed by atoms with Gasteiger partial charge in [0.2, 0.25) is 5.91 Å². The molecule has 0 heterocycles. The minimum atomic E-state index is 0.0949. The molecule has 1 aromatic rings. The predicted molar refractivity (Wildman–Crippen MR) is 76.8 cm³/mol. The Morgan fingerprint density at radius 3 is 2.65 bits per heavy atom. The Balaban J connectivity index is 1.46. The second-order valence-corrected chi connectivity index (χ2v) is 6.22. The van der Waals surface area contributed by atoms with Gasteiger partial charge in [0.05, 0.1) is 18.1 Å². The molecule has 2 bridgehead atoms. The van der Waals surface area contributed by atoms with Crippen molar-refractivity contribution in [3.63, 3.8) is 0 Å². The number of nitrogens with one attached hydrogen (secondary N) is 1. The molecule has 2 saturated carbocycles. The topological polar surface area (TPSA) is 52.9 Å². The molecule has 1 N–H and O–H groups in total. The van der Waals surface area contributed by atoms with Gasteiger partial charge >= 0.3 is 0 Å². The third-order valence-corrected chi connectivity index (χ3v) is 4.89. The van der Waals surface area contributed by atoms with Crippen LogP contribution in [-0.2, 0) is 11.2 Å². The van der Waals surface area contributed by atoms with Crippen molar-refractivity contribution in [2.75, 3.05) is 6.54 Å². The second kappa shape index (κ2) is 5.66. The van der Waals surface area contributed by atoms with Crippen LogP contribution in [0.4, 0.5) is 0 Å². The molecule has 0 spiro atoms. The summed E-state index contributed by atoms with van der Waals surface area (Å²) in [6.45, 7) is 0.844. The summed E-state index contributed by atoms with van der Waals surface area (Å²) in [7, 11) is 0. The summed E-state index contributed by atoms with van der Waals surface area (Å²) < 4.78 is 0. The summed E-state index contributed by atoms with van der Waals surface area (Å²) in [6.07, 6.45) is 5.87. The van der Waals surface area contributed by atoms with Crippen molar-refractivity contribution in [3.05, 3.63) is 35.4 Å². The van der Waals surface area contributed by atoms with E-state index in [-0.39, 0.29) is 5.91 Å². The Morgan fingerprint density at radius 2 is 2.05 bits per heavy atom. The monoisotopic (exact) mass is 268 g/mol. The summed E-state index contributed by atoms with van der Waals surface area (Å²) in [5.41, 5.74) is 1.60. The van der Waals surface area contributed by atoms with Crippen molar-refractivity contribution in [2.45, 2.75) is 32.1 Å². The van der Waals surface area contributed by atoms with E-state index in [1.54, 1.807) is 12.1 Å². The van der Waals surface area contributed by atoms with Gasteiger partial charge in [-0.2, -0.15) is 5.26 Å². The van der Waals surface area contributed by atoms with Crippen LogP contribution in [-0.4, -0.2) is 12.5 Å². The lowest BCUT2D eigenvalue weighted by atomic mass is 9.89. The van der Waals surface area contributed by atoms with Crippen LogP contribution in [0.25, 0.3) is 0 Å². The number of nitriles is 1. The Kier molecular flexibility index (Phi) is 3.73. The van der Waals surface area contributed by atoms with Crippen molar-refractivity contribution in [3.8, 4) is 6.07 Å². The molecule has 3 unspecified atom stereocenters. The van der Waals surface area contributed by atoms with Gasteiger partial charge in [-0.25, -0.2) is 0 Å². The van der Waals surface area contributed by atoms with E-state index < -0.39 is 0 Å². The number of hydrogen-bond acceptors (Lipinski definition) is 2. The van der Waals surface area contributed by atoms with Crippen molar-refractivity contribution in [1.29, 1.82) is 5.26 Å². The number of hydrogen-bond donors (Lipinski definition) is 1. The van der Waals surface area contributed by atoms with Crippen molar-refractivity contribution < 1.29 is 4.79 Å². The Hall–Kier alpha value is -1.82. The first-order valence-corrected chi connectivity index (χ1v) is 7.50. The van der Waals surface area contributed by atoms with E-state index in [9.17, 15) is 4.79 Å². The fraction of sp³-hybridized carbons (Fsp3) is 0.529. The Bertz CT molecular complexity index is 529. The highest BCUT2D eigenvalue weighted by Gasteiger charge is 2.39. The maximum absolute atomic E-state index is 12.0. The van der Waals surface area contributed by atoms with Gasteiger partial charge in [-0.05, 0) is 54.7 Å². The predicted octanol–water partition coefficient (Wildman–Crippen LogP) is 2.65. The van der Waals surface area contributed by atoms with Crippen LogP contribution in [0.3, 0.4) is 0 Å². The third-order valence-electron chi connectivity index (χ3n) is 4.89. The molecule has 2 aliphatic carbocycles. The molecule has 104 valence electrons. The molecule has 0 aromatic heterocycles. The van der Waals surface area contributed by atoms with Crippen LogP contribution < -0.4 is 5.32 Å². The SMILES string of the molecule is N#Cc1ccc(CC(=O)NCC2CC3CCC2C3)cc1. The zero-order valence-corrected chi connectivity index (χ0v) is 11.6. The van der Waals surface area contributed by atoms with E-state index in [4.69, 9.17) is 5.26 Å². The van der Waals surface area contributed by atoms with Crippen LogP contribution in [0.2, 0.25) is 0 Å². The minimum absolute atomic E-state index is 0.0949. The first-order chi connectivity index (χ1) is 9.74. The van der Waals surface area contributed by atoms with E-state index in [1.807, 2.05) is 12.1 Å². The molecule has 3 atom stereocenters. The highest BCUT2D eigenvalue weighted by molar-refractivity contribution is 5.78. The van der Waals surface area contributed by atoms with Crippen molar-refractivity contribution >= 4 is 5.91 Å². The zero-order chi connectivity index (χ0) is 13.9. The molecule has 20 heavy (non-hydrogen) atoms. The lowest BCUT2D eigenvalue weighted by Gasteiger charge is -2.21. The van der Waals surface area contributed by atoms with Gasteiger partial charge in [-0.3, -0.25) is 4.79 Å². The maximum atomic E-state index is 12.0. The summed E-state index contributed by atoms with van der Waals surface area (Å²) in [5, 5.41) is 11.8. The number of benzene rings is 1. The maximum Gasteiger partial charge on any atom is 0.224 e. The molecule has 2 aliphatic rings. The largest absolute Gasteiger partial charge is 0.356 e. The lowest BCUT2D eigenvalue weighted by Crippen LogP contribution is -2.32. The number of fused-ring (bicyclic) bond motifs is 2. The molecule has 1 aromatic carbocycles. The van der Waals surface area contributed by atoms with E-state index >= 15 is 0 Å². The molecule has 3 rings (SSSR count). The van der Waals surface area contributed by atoms with Gasteiger partial charge in [0, 0.05) is 6.54 Å². The van der Waals surface area contributed by atoms with Crippen LogP contribution in [0, 0.1) is 29.1 Å². The summed E-state index contributed by atoms with van der Waals surface area (Å²) >= 11 is 0. The fourth-order valence-corrected chi connectivity index (χ4v) is 3.82. The first-order valence-electron chi connectivity index (χ1n) is 7.50. The van der Waals surface area contributed by atoms with E-state index in [1.165, 1.54) is 25.7 Å². The van der Waals surface area contributed by atoms with Gasteiger partial charge in [0.25, 0.3) is 0 Å². The average molecular weight is 268 g/mol. The van der Waals surface area contributed by atoms with Gasteiger partial charge in [0.1, 0.15) is 0 Å². The van der Waals surface area contributed by atoms with Gasteiger partial charge in [-0.15, -0.1) is 0 Å². The summed E-state index contributed by atoms with van der Waals surface area (Å²) in [5.74, 6) is 2.59. The molecular formula is C17H20N2O. The molecule has 0 radical (unpaired) electrons. The van der Waals surface area contributed by atoms with Gasteiger partial charge in [0.15, 0.2) is 0 Å². The molecule has 3 nitrogen and oxygen atoms in total. The smallest absolute Gasteiger partial charge is 0.224 e. The molecule has 3 heteroatoms. The molecule has 1 amide bonds. The lowest BCUT2D eigenvalue weighted by molar-refractivity contribution is -0.120. The van der Waals surface area contributed by atoms with Crippen molar-refractivity contribution in [2.24, 2.45) is 17.8 Å². The Labute approximate surface area is 120 Å². The second-order valence-electron chi connectivity index (χ2n) is 6.22. The number of rotatable bonds is 4. The quantitative estimate of drug-likeness (QED) is 0.912. The van der Waals surface area contributed by atoms with Crippen LogP contribution in [0.1, 0.15) is 36.8 Å². The standard InChI is InChI=1S/C17H20N2O/c18-10-13-3-1-12(2-4-13)9-17(20)19-11-16-8-14-5-6-15(16)7-14/h1-4,14-16H,5-9,11H2,(H,19,20). The zero-order valence-electron chi connectivity index (χ0n) is 11.6. The molecule has 2 fully saturated rings. The number of nitrogens with zero attached hydrogens (tertiary/aromatic N) is 1. The van der Waals surface area contributed by atoms with Crippen LogP contribution >= 0.6 is 0 Å². The average Bonchev–Trinajstić information content (AvgIpc) is 3.08. The van der Waals surface area contributed by atoms with Crippen LogP contribution in [0.15, 0.2) is 24.3 Å². The van der Waals surface area contributed by atoms with Gasteiger partial charge < -0.3 is 5.32 Å². The number of carbonyl (C=O) groups excluding carboxylic acids is 1. The normalized spacial score (nSPS) is 27.2. The number of amides is 1. The summed E-state index contributed by atoms with van der Waals surface area (Å²) in [6, 6.07) is 9.32. The highest BCUT2D eigenvalue weighted by atomic mass is 16.1. The minimum Gasteiger partial charge on any atom is -0.356 e. The van der Waals surface area contributed by atoms with Crippen molar-refractivity contribution in [1.82, 2.24) is 5.32 Å². The molecular weight excluding hydrogens is 248 g/mol. The molecule has 0 aliphatic heterocycles. The highest BCUT2D eigenvalue weighted by Crippen LogP contribution is 2.47. The number of carbonyl (C=O) groups is 1. The Morgan fingerprint density at radius 1 is 1.25 bits per heavy atom. The van der Waals surface area contributed by atoms with E-state index in [0.29, 0.717) is 17.9 Å². The van der Waals surface area contributed by atoms with Crippen LogP contribution in [0.5, 0.6) is 0 Å². The van der Waals surface area contributed by atoms with E-state index in [2.05, 4.69) is 11.4 Å². The van der Waals surface area contributed by atoms with E-state index in [0.717, 1.165) is 23.9 Å². The molecule has 0 saturated heterocycles. The van der Waals surface area contributed by atoms with Gasteiger partial charge in [-0.1, -0.05) is 18.6 Å². The fourth-order valence-electron chi connectivity index (χ4n) is 3.82. The summed E-state index contributed by atoms with van der Waals surface area (Å²) in [4.78, 5) is 12.0. The first kappa shape index (κ1) is 13.2. The third kappa shape index (κ3) is 2.85.